The van der Waals surface area contributed by atoms with Gasteiger partial charge in [0.05, 0.1) is 0 Å². The Labute approximate surface area is 175 Å². The fourth-order valence-electron chi connectivity index (χ4n) is 3.90. The number of rotatable bonds is 9. The molecule has 0 unspecified atom stereocenters. The topological polar surface area (TPSA) is 35.6 Å². The summed E-state index contributed by atoms with van der Waals surface area (Å²) in [7, 11) is 0. The highest BCUT2D eigenvalue weighted by atomic mass is 16.1. The molecule has 0 spiro atoms. The number of carbonyl (C=O) groups is 1. The van der Waals surface area contributed by atoms with Gasteiger partial charge in [0, 0.05) is 31.2 Å². The van der Waals surface area contributed by atoms with Crippen molar-refractivity contribution in [2.75, 3.05) is 19.6 Å². The first-order valence-electron chi connectivity index (χ1n) is 11.0. The summed E-state index contributed by atoms with van der Waals surface area (Å²) in [6.45, 7) is 12.6. The molecule has 2 aromatic carbocycles. The molecule has 2 aromatic rings. The second-order valence-corrected chi connectivity index (χ2v) is 8.34. The first-order valence-corrected chi connectivity index (χ1v) is 11.0. The van der Waals surface area contributed by atoms with E-state index in [0.29, 0.717) is 18.2 Å². The number of benzene rings is 2. The highest BCUT2D eigenvalue weighted by Gasteiger charge is 2.12. The van der Waals surface area contributed by atoms with E-state index in [1.54, 1.807) is 0 Å². The van der Waals surface area contributed by atoms with Crippen LogP contribution >= 0.6 is 0 Å². The van der Waals surface area contributed by atoms with Gasteiger partial charge in [0.15, 0.2) is 0 Å². The maximum Gasteiger partial charge on any atom is 0.251 e. The van der Waals surface area contributed by atoms with Crippen molar-refractivity contribution in [1.29, 1.82) is 0 Å². The van der Waals surface area contributed by atoms with E-state index < -0.39 is 0 Å². The number of carbonyl (C=O) groups excluding carboxylic acids is 1. The van der Waals surface area contributed by atoms with Gasteiger partial charge in [0.25, 0.3) is 5.91 Å². The second kappa shape index (κ2) is 10.6. The number of hydrogen-bond donors (Lipinski definition) is 1. The van der Waals surface area contributed by atoms with Crippen LogP contribution in [0, 0.1) is 0 Å². The van der Waals surface area contributed by atoms with Crippen molar-refractivity contribution in [3.63, 3.8) is 0 Å². The molecule has 4 heteroatoms. The summed E-state index contributed by atoms with van der Waals surface area (Å²) < 4.78 is 0. The van der Waals surface area contributed by atoms with Gasteiger partial charge in [-0.3, -0.25) is 14.6 Å². The van der Waals surface area contributed by atoms with Crippen LogP contribution in [0.25, 0.3) is 0 Å². The zero-order valence-corrected chi connectivity index (χ0v) is 18.2. The molecule has 1 amide bonds. The van der Waals surface area contributed by atoms with Crippen LogP contribution in [0.2, 0.25) is 0 Å². The molecule has 1 aliphatic heterocycles. The molecule has 0 radical (unpaired) electrons. The number of hydrogen-bond acceptors (Lipinski definition) is 3. The third-order valence-corrected chi connectivity index (χ3v) is 5.82. The van der Waals surface area contributed by atoms with E-state index in [-0.39, 0.29) is 5.91 Å². The highest BCUT2D eigenvalue weighted by Crippen LogP contribution is 2.14. The average Bonchev–Trinajstić information content (AvgIpc) is 3.24. The smallest absolute Gasteiger partial charge is 0.251 e. The predicted molar refractivity (Wildman–Crippen MR) is 120 cm³/mol. The van der Waals surface area contributed by atoms with Crippen molar-refractivity contribution in [1.82, 2.24) is 15.1 Å². The van der Waals surface area contributed by atoms with E-state index in [4.69, 9.17) is 0 Å². The van der Waals surface area contributed by atoms with Crippen molar-refractivity contribution in [3.8, 4) is 0 Å². The fourth-order valence-corrected chi connectivity index (χ4v) is 3.90. The highest BCUT2D eigenvalue weighted by molar-refractivity contribution is 5.94. The summed E-state index contributed by atoms with van der Waals surface area (Å²) in [5.41, 5.74) is 4.44. The minimum Gasteiger partial charge on any atom is -0.348 e. The standard InChI is InChI=1S/C25H35N3O/c1-4-28(20(2)3)19-23-11-13-24(14-12-23)25(29)26-17-21-7-9-22(10-8-21)18-27-15-5-6-16-27/h7-14,20H,4-6,15-19H2,1-3H3,(H,26,29). The van der Waals surface area contributed by atoms with Crippen molar-refractivity contribution in [2.24, 2.45) is 0 Å². The molecule has 1 N–H and O–H groups in total. The average molecular weight is 394 g/mol. The van der Waals surface area contributed by atoms with Gasteiger partial charge in [-0.05, 0) is 75.1 Å². The lowest BCUT2D eigenvalue weighted by Crippen LogP contribution is -2.30. The molecular weight excluding hydrogens is 358 g/mol. The van der Waals surface area contributed by atoms with E-state index in [0.717, 1.165) is 25.2 Å². The quantitative estimate of drug-likeness (QED) is 0.684. The Bertz CT molecular complexity index is 762. The normalized spacial score (nSPS) is 14.7. The Balaban J connectivity index is 1.48. The molecule has 0 aliphatic carbocycles. The summed E-state index contributed by atoms with van der Waals surface area (Å²) in [5.74, 6) is -0.0195. The minimum atomic E-state index is -0.0195. The van der Waals surface area contributed by atoms with Gasteiger partial charge in [0.2, 0.25) is 0 Å². The Kier molecular flexibility index (Phi) is 7.84. The zero-order valence-electron chi connectivity index (χ0n) is 18.2. The molecule has 0 bridgehead atoms. The van der Waals surface area contributed by atoms with Crippen molar-refractivity contribution in [2.45, 2.75) is 59.3 Å². The van der Waals surface area contributed by atoms with Crippen LogP contribution in [0.15, 0.2) is 48.5 Å². The lowest BCUT2D eigenvalue weighted by Gasteiger charge is -2.24. The maximum atomic E-state index is 12.5. The largest absolute Gasteiger partial charge is 0.348 e. The first-order chi connectivity index (χ1) is 14.0. The molecule has 0 aromatic heterocycles. The van der Waals surface area contributed by atoms with E-state index >= 15 is 0 Å². The van der Waals surface area contributed by atoms with Crippen molar-refractivity contribution in [3.05, 3.63) is 70.8 Å². The van der Waals surface area contributed by atoms with Gasteiger partial charge in [-0.15, -0.1) is 0 Å². The SMILES string of the molecule is CCN(Cc1ccc(C(=O)NCc2ccc(CN3CCCC3)cc2)cc1)C(C)C. The molecule has 156 valence electrons. The number of nitrogens with zero attached hydrogens (tertiary/aromatic N) is 2. The van der Waals surface area contributed by atoms with Crippen LogP contribution in [0.1, 0.15) is 60.7 Å². The molecule has 1 fully saturated rings. The maximum absolute atomic E-state index is 12.5. The van der Waals surface area contributed by atoms with Crippen LogP contribution < -0.4 is 5.32 Å². The molecular formula is C25H35N3O. The summed E-state index contributed by atoms with van der Waals surface area (Å²) in [6, 6.07) is 17.1. The summed E-state index contributed by atoms with van der Waals surface area (Å²) >= 11 is 0. The molecule has 29 heavy (non-hydrogen) atoms. The van der Waals surface area contributed by atoms with Gasteiger partial charge >= 0.3 is 0 Å². The Morgan fingerprint density at radius 1 is 0.966 bits per heavy atom. The van der Waals surface area contributed by atoms with Crippen LogP contribution in [0.3, 0.4) is 0 Å². The molecule has 1 saturated heterocycles. The predicted octanol–water partition coefficient (Wildman–Crippen LogP) is 4.44. The molecule has 0 atom stereocenters. The van der Waals surface area contributed by atoms with Crippen molar-refractivity contribution >= 4 is 5.91 Å². The van der Waals surface area contributed by atoms with Gasteiger partial charge < -0.3 is 5.32 Å². The first kappa shape index (κ1) is 21.5. The summed E-state index contributed by atoms with van der Waals surface area (Å²) in [6.07, 6.45) is 2.64. The van der Waals surface area contributed by atoms with Crippen LogP contribution in [0.5, 0.6) is 0 Å². The Morgan fingerprint density at radius 3 is 2.14 bits per heavy atom. The third-order valence-electron chi connectivity index (χ3n) is 5.82. The fraction of sp³-hybridized carbons (Fsp3) is 0.480. The summed E-state index contributed by atoms with van der Waals surface area (Å²) in [4.78, 5) is 17.4. The molecule has 0 saturated carbocycles. The summed E-state index contributed by atoms with van der Waals surface area (Å²) in [5, 5.41) is 3.04. The van der Waals surface area contributed by atoms with Gasteiger partial charge in [0.1, 0.15) is 0 Å². The lowest BCUT2D eigenvalue weighted by atomic mass is 10.1. The second-order valence-electron chi connectivity index (χ2n) is 8.34. The van der Waals surface area contributed by atoms with Crippen LogP contribution in [0.4, 0.5) is 0 Å². The Morgan fingerprint density at radius 2 is 1.55 bits per heavy atom. The third kappa shape index (κ3) is 6.41. The van der Waals surface area contributed by atoms with Crippen molar-refractivity contribution < 1.29 is 4.79 Å². The van der Waals surface area contributed by atoms with E-state index in [9.17, 15) is 4.79 Å². The van der Waals surface area contributed by atoms with E-state index in [1.165, 1.54) is 37.1 Å². The molecule has 4 nitrogen and oxygen atoms in total. The lowest BCUT2D eigenvalue weighted by molar-refractivity contribution is 0.0951. The van der Waals surface area contributed by atoms with E-state index in [1.807, 2.05) is 12.1 Å². The van der Waals surface area contributed by atoms with Crippen LogP contribution in [-0.4, -0.2) is 41.4 Å². The van der Waals surface area contributed by atoms with Gasteiger partial charge in [-0.1, -0.05) is 43.3 Å². The van der Waals surface area contributed by atoms with Gasteiger partial charge in [-0.25, -0.2) is 0 Å². The zero-order chi connectivity index (χ0) is 20.6. The number of nitrogens with one attached hydrogen (secondary N) is 1. The Hall–Kier alpha value is -2.17. The number of likely N-dealkylation sites (tertiary alicyclic amines) is 1. The molecule has 1 aliphatic rings. The number of amides is 1. The molecule has 1 heterocycles. The monoisotopic (exact) mass is 393 g/mol. The minimum absolute atomic E-state index is 0.0195. The molecule has 3 rings (SSSR count). The van der Waals surface area contributed by atoms with E-state index in [2.05, 4.69) is 72.3 Å². The van der Waals surface area contributed by atoms with Crippen LogP contribution in [-0.2, 0) is 19.6 Å². The van der Waals surface area contributed by atoms with Gasteiger partial charge in [-0.2, -0.15) is 0 Å².